The van der Waals surface area contributed by atoms with Crippen LogP contribution in [0.2, 0.25) is 5.02 Å². The lowest BCUT2D eigenvalue weighted by atomic mass is 10.3. The number of hydrogen-bond acceptors (Lipinski definition) is 5. The molecule has 7 heteroatoms. The monoisotopic (exact) mass is 353 g/mol. The summed E-state index contributed by atoms with van der Waals surface area (Å²) in [6.07, 6.45) is 0. The number of carbonyl (C=O) groups is 1. The van der Waals surface area contributed by atoms with Gasteiger partial charge >= 0.3 is 0 Å². The summed E-state index contributed by atoms with van der Waals surface area (Å²) in [5, 5.41) is 0.919. The first-order valence-electron chi connectivity index (χ1n) is 7.80. The Kier molecular flexibility index (Phi) is 5.14. The minimum Gasteiger partial charge on any atom is -0.431 e. The Bertz CT molecular complexity index is 698. The van der Waals surface area contributed by atoms with Gasteiger partial charge in [0.05, 0.1) is 5.25 Å². The van der Waals surface area contributed by atoms with Crippen molar-refractivity contribution >= 4 is 40.4 Å². The Morgan fingerprint density at radius 1 is 1.39 bits per heavy atom. The maximum Gasteiger partial charge on any atom is 0.257 e. The normalized spacial score (nSPS) is 17.6. The van der Waals surface area contributed by atoms with Crippen LogP contribution in [0.15, 0.2) is 27.8 Å². The first kappa shape index (κ1) is 16.6. The molecule has 124 valence electrons. The minimum atomic E-state index is -0.216. The van der Waals surface area contributed by atoms with E-state index in [2.05, 4.69) is 16.8 Å². The van der Waals surface area contributed by atoms with Crippen molar-refractivity contribution in [1.82, 2.24) is 14.8 Å². The van der Waals surface area contributed by atoms with E-state index in [0.717, 1.165) is 38.2 Å². The number of carbonyl (C=O) groups excluding carboxylic acids is 1. The van der Waals surface area contributed by atoms with Crippen molar-refractivity contribution < 1.29 is 9.21 Å². The Morgan fingerprint density at radius 3 is 2.83 bits per heavy atom. The van der Waals surface area contributed by atoms with Crippen molar-refractivity contribution in [3.05, 3.63) is 23.2 Å². The summed E-state index contributed by atoms with van der Waals surface area (Å²) in [5.74, 6) is 0.144. The predicted octanol–water partition coefficient (Wildman–Crippen LogP) is 3.13. The molecule has 0 N–H and O–H groups in total. The molecule has 5 nitrogen and oxygen atoms in total. The highest BCUT2D eigenvalue weighted by Gasteiger charge is 2.26. The molecule has 0 aliphatic carbocycles. The maximum atomic E-state index is 12.6. The zero-order valence-electron chi connectivity index (χ0n) is 13.3. The molecule has 0 saturated carbocycles. The van der Waals surface area contributed by atoms with Crippen LogP contribution in [0.4, 0.5) is 0 Å². The third kappa shape index (κ3) is 3.82. The van der Waals surface area contributed by atoms with Crippen LogP contribution in [0.1, 0.15) is 13.8 Å². The number of halogens is 1. The van der Waals surface area contributed by atoms with Gasteiger partial charge in [0.2, 0.25) is 5.91 Å². The Labute approximate surface area is 145 Å². The fourth-order valence-electron chi connectivity index (χ4n) is 2.67. The van der Waals surface area contributed by atoms with Crippen LogP contribution < -0.4 is 0 Å². The number of oxazole rings is 1. The van der Waals surface area contributed by atoms with Crippen LogP contribution in [0.25, 0.3) is 11.1 Å². The Balaban J connectivity index is 1.63. The average Bonchev–Trinajstić information content (AvgIpc) is 2.95. The molecule has 2 heterocycles. The van der Waals surface area contributed by atoms with Gasteiger partial charge in [-0.2, -0.15) is 0 Å². The van der Waals surface area contributed by atoms with E-state index in [1.807, 2.05) is 11.8 Å². The standard InChI is InChI=1S/C16H20ClN3O2S/c1-3-19-6-8-20(9-7-19)15(21)11(2)23-16-18-13-10-12(17)4-5-14(13)22-16/h4-5,10-11H,3,6-9H2,1-2H3. The second kappa shape index (κ2) is 7.11. The van der Waals surface area contributed by atoms with E-state index in [1.54, 1.807) is 18.2 Å². The van der Waals surface area contributed by atoms with Crippen LogP contribution in [0.3, 0.4) is 0 Å². The molecule has 0 radical (unpaired) electrons. The number of fused-ring (bicyclic) bond motifs is 1. The molecule has 1 aliphatic heterocycles. The number of thioether (sulfide) groups is 1. The highest BCUT2D eigenvalue weighted by Crippen LogP contribution is 2.29. The van der Waals surface area contributed by atoms with E-state index in [-0.39, 0.29) is 11.2 Å². The van der Waals surface area contributed by atoms with Crippen molar-refractivity contribution in [2.45, 2.75) is 24.3 Å². The van der Waals surface area contributed by atoms with Gasteiger partial charge < -0.3 is 14.2 Å². The topological polar surface area (TPSA) is 49.6 Å². The summed E-state index contributed by atoms with van der Waals surface area (Å²) in [4.78, 5) is 21.2. The molecule has 3 rings (SSSR count). The van der Waals surface area contributed by atoms with E-state index in [0.29, 0.717) is 15.8 Å². The first-order valence-corrected chi connectivity index (χ1v) is 9.06. The van der Waals surface area contributed by atoms with Crippen molar-refractivity contribution in [3.8, 4) is 0 Å². The van der Waals surface area contributed by atoms with Gasteiger partial charge in [0, 0.05) is 31.2 Å². The molecular weight excluding hydrogens is 334 g/mol. The van der Waals surface area contributed by atoms with Crippen LogP contribution in [0, 0.1) is 0 Å². The number of rotatable bonds is 4. The number of amides is 1. The molecule has 1 fully saturated rings. The van der Waals surface area contributed by atoms with Crippen LogP contribution in [-0.4, -0.2) is 58.7 Å². The molecule has 1 atom stereocenters. The third-order valence-corrected chi connectivity index (χ3v) is 5.25. The Morgan fingerprint density at radius 2 is 2.13 bits per heavy atom. The van der Waals surface area contributed by atoms with Crippen molar-refractivity contribution in [1.29, 1.82) is 0 Å². The van der Waals surface area contributed by atoms with E-state index < -0.39 is 0 Å². The zero-order chi connectivity index (χ0) is 16.4. The van der Waals surface area contributed by atoms with Crippen LogP contribution in [0.5, 0.6) is 0 Å². The summed E-state index contributed by atoms with van der Waals surface area (Å²) < 4.78 is 5.68. The quantitative estimate of drug-likeness (QED) is 0.790. The summed E-state index contributed by atoms with van der Waals surface area (Å²) in [6.45, 7) is 8.57. The Hall–Kier alpha value is -1.24. The summed E-state index contributed by atoms with van der Waals surface area (Å²) in [5.41, 5.74) is 1.41. The van der Waals surface area contributed by atoms with E-state index in [9.17, 15) is 4.79 Å². The molecule has 2 aromatic rings. The number of piperazine rings is 1. The molecule has 1 unspecified atom stereocenters. The van der Waals surface area contributed by atoms with Crippen LogP contribution >= 0.6 is 23.4 Å². The molecule has 23 heavy (non-hydrogen) atoms. The molecule has 1 saturated heterocycles. The second-order valence-corrected chi connectivity index (χ2v) is 7.34. The lowest BCUT2D eigenvalue weighted by Crippen LogP contribution is -2.50. The van der Waals surface area contributed by atoms with Gasteiger partial charge in [-0.1, -0.05) is 30.3 Å². The highest BCUT2D eigenvalue weighted by molar-refractivity contribution is 8.00. The van der Waals surface area contributed by atoms with Gasteiger partial charge in [0.15, 0.2) is 5.58 Å². The smallest absolute Gasteiger partial charge is 0.257 e. The lowest BCUT2D eigenvalue weighted by Gasteiger charge is -2.35. The van der Waals surface area contributed by atoms with E-state index >= 15 is 0 Å². The molecule has 1 amide bonds. The lowest BCUT2D eigenvalue weighted by molar-refractivity contribution is -0.132. The van der Waals surface area contributed by atoms with Crippen molar-refractivity contribution in [2.24, 2.45) is 0 Å². The number of likely N-dealkylation sites (N-methyl/N-ethyl adjacent to an activating group) is 1. The molecule has 1 aromatic carbocycles. The minimum absolute atomic E-state index is 0.144. The largest absolute Gasteiger partial charge is 0.431 e. The van der Waals surface area contributed by atoms with Gasteiger partial charge in [0.1, 0.15) is 5.52 Å². The summed E-state index contributed by atoms with van der Waals surface area (Å²) in [7, 11) is 0. The van der Waals surface area contributed by atoms with Gasteiger partial charge in [-0.3, -0.25) is 4.79 Å². The predicted molar refractivity (Wildman–Crippen MR) is 93.0 cm³/mol. The van der Waals surface area contributed by atoms with Gasteiger partial charge in [-0.15, -0.1) is 0 Å². The highest BCUT2D eigenvalue weighted by atomic mass is 35.5. The number of aromatic nitrogens is 1. The van der Waals surface area contributed by atoms with E-state index in [4.69, 9.17) is 16.0 Å². The fraction of sp³-hybridized carbons (Fsp3) is 0.500. The zero-order valence-corrected chi connectivity index (χ0v) is 14.9. The van der Waals surface area contributed by atoms with Gasteiger partial charge in [-0.05, 0) is 31.7 Å². The summed E-state index contributed by atoms with van der Waals surface area (Å²) >= 11 is 7.31. The van der Waals surface area contributed by atoms with Gasteiger partial charge in [0.25, 0.3) is 5.22 Å². The molecule has 0 spiro atoms. The SMILES string of the molecule is CCN1CCN(C(=O)C(C)Sc2nc3cc(Cl)ccc3o2)CC1. The van der Waals surface area contributed by atoms with Crippen molar-refractivity contribution in [2.75, 3.05) is 32.7 Å². The average molecular weight is 354 g/mol. The third-order valence-electron chi connectivity index (χ3n) is 4.09. The fourth-order valence-corrected chi connectivity index (χ4v) is 3.68. The number of hydrogen-bond donors (Lipinski definition) is 0. The maximum absolute atomic E-state index is 12.6. The molecule has 0 bridgehead atoms. The van der Waals surface area contributed by atoms with Gasteiger partial charge in [-0.25, -0.2) is 4.98 Å². The van der Waals surface area contributed by atoms with Crippen molar-refractivity contribution in [3.63, 3.8) is 0 Å². The summed E-state index contributed by atoms with van der Waals surface area (Å²) in [6, 6.07) is 5.33. The van der Waals surface area contributed by atoms with Crippen LogP contribution in [-0.2, 0) is 4.79 Å². The second-order valence-electron chi connectivity index (χ2n) is 5.61. The van der Waals surface area contributed by atoms with E-state index in [1.165, 1.54) is 11.8 Å². The molecular formula is C16H20ClN3O2S. The number of nitrogens with zero attached hydrogens (tertiary/aromatic N) is 3. The first-order chi connectivity index (χ1) is 11.1. The number of benzene rings is 1. The molecule has 1 aromatic heterocycles. The molecule has 1 aliphatic rings.